The van der Waals surface area contributed by atoms with Crippen LogP contribution in [0.5, 0.6) is 0 Å². The maximum absolute atomic E-state index is 15.2. The van der Waals surface area contributed by atoms with E-state index in [1.807, 2.05) is 0 Å². The molecule has 11 nitrogen and oxygen atoms in total. The average molecular weight is 512 g/mol. The van der Waals surface area contributed by atoms with Crippen molar-refractivity contribution in [1.29, 1.82) is 5.26 Å². The standard InChI is InChI=1S/C21H23F2N5O6S/c1-3-34-21(31)28-8-13(11-29)16(9-28)26-35(32,33)17-10-27(2)19(18(17)23)20(30)25-14-4-5-15(22)12(6-14)7-24/h4-6,10,13,16,26,29H,3,8-9,11H2,1-2H3,(H,25,30)/t13-,16-/m0/s1. The van der Waals surface area contributed by atoms with Gasteiger partial charge in [0.05, 0.1) is 12.2 Å². The van der Waals surface area contributed by atoms with E-state index in [4.69, 9.17) is 10.00 Å². The molecule has 1 aromatic heterocycles. The lowest BCUT2D eigenvalue weighted by Gasteiger charge is -2.17. The average Bonchev–Trinajstić information content (AvgIpc) is 3.34. The number of hydrogen-bond donors (Lipinski definition) is 3. The van der Waals surface area contributed by atoms with Gasteiger partial charge < -0.3 is 24.6 Å². The highest BCUT2D eigenvalue weighted by Crippen LogP contribution is 2.25. The lowest BCUT2D eigenvalue weighted by molar-refractivity contribution is 0.101. The van der Waals surface area contributed by atoms with Gasteiger partial charge in [-0.15, -0.1) is 0 Å². The van der Waals surface area contributed by atoms with Crippen LogP contribution in [0, 0.1) is 28.9 Å². The third-order valence-electron chi connectivity index (χ3n) is 5.45. The molecule has 2 amide bonds. The maximum atomic E-state index is 15.2. The molecule has 0 saturated carbocycles. The van der Waals surface area contributed by atoms with Gasteiger partial charge in [0.25, 0.3) is 5.91 Å². The normalized spacial score (nSPS) is 17.8. The van der Waals surface area contributed by atoms with Crippen molar-refractivity contribution in [2.75, 3.05) is 31.6 Å². The van der Waals surface area contributed by atoms with Crippen LogP contribution in [0.2, 0.25) is 0 Å². The van der Waals surface area contributed by atoms with E-state index in [2.05, 4.69) is 10.0 Å². The summed E-state index contributed by atoms with van der Waals surface area (Å²) in [6.07, 6.45) is 0.238. The van der Waals surface area contributed by atoms with E-state index < -0.39 is 62.8 Å². The summed E-state index contributed by atoms with van der Waals surface area (Å²) < 4.78 is 62.7. The highest BCUT2D eigenvalue weighted by molar-refractivity contribution is 7.89. The van der Waals surface area contributed by atoms with E-state index in [0.29, 0.717) is 0 Å². The molecule has 188 valence electrons. The number of aliphatic hydroxyl groups is 1. The number of anilines is 1. The van der Waals surface area contributed by atoms with Gasteiger partial charge in [-0.1, -0.05) is 0 Å². The largest absolute Gasteiger partial charge is 0.450 e. The molecule has 3 rings (SSSR count). The summed E-state index contributed by atoms with van der Waals surface area (Å²) in [5.41, 5.74) is -0.951. The van der Waals surface area contributed by atoms with Crippen LogP contribution >= 0.6 is 0 Å². The molecule has 1 aliphatic heterocycles. The van der Waals surface area contributed by atoms with Crippen LogP contribution < -0.4 is 10.0 Å². The number of ether oxygens (including phenoxy) is 1. The molecule has 35 heavy (non-hydrogen) atoms. The molecule has 0 unspecified atom stereocenters. The first kappa shape index (κ1) is 26.1. The Hall–Kier alpha value is -3.54. The van der Waals surface area contributed by atoms with Gasteiger partial charge in [0.2, 0.25) is 10.0 Å². The number of sulfonamides is 1. The van der Waals surface area contributed by atoms with Crippen LogP contribution in [0.1, 0.15) is 23.0 Å². The Morgan fingerprint density at radius 2 is 2.03 bits per heavy atom. The predicted octanol–water partition coefficient (Wildman–Crippen LogP) is 1.15. The van der Waals surface area contributed by atoms with Crippen molar-refractivity contribution in [1.82, 2.24) is 14.2 Å². The molecule has 0 spiro atoms. The first-order valence-electron chi connectivity index (χ1n) is 10.4. The quantitative estimate of drug-likeness (QED) is 0.504. The Kier molecular flexibility index (Phi) is 7.73. The SMILES string of the molecule is CCOC(=O)N1C[C@@H](CO)[C@@H](NS(=O)(=O)c2cn(C)c(C(=O)Nc3ccc(F)c(C#N)c3)c2F)C1. The summed E-state index contributed by atoms with van der Waals surface area (Å²) in [6, 6.07) is 3.86. The van der Waals surface area contributed by atoms with Crippen molar-refractivity contribution in [3.05, 3.63) is 47.3 Å². The van der Waals surface area contributed by atoms with Crippen molar-refractivity contribution < 1.29 is 36.6 Å². The number of likely N-dealkylation sites (tertiary alicyclic amines) is 1. The summed E-state index contributed by atoms with van der Waals surface area (Å²) in [5.74, 6) is -3.81. The fourth-order valence-electron chi connectivity index (χ4n) is 3.71. The van der Waals surface area contributed by atoms with Gasteiger partial charge in [-0.25, -0.2) is 26.7 Å². The number of benzene rings is 1. The molecule has 1 aromatic carbocycles. The lowest BCUT2D eigenvalue weighted by Crippen LogP contribution is -2.42. The molecule has 2 aromatic rings. The number of halogens is 2. The molecule has 3 N–H and O–H groups in total. The second kappa shape index (κ2) is 10.4. The molecule has 0 aliphatic carbocycles. The molecule has 14 heteroatoms. The van der Waals surface area contributed by atoms with Gasteiger partial charge in [0, 0.05) is 50.6 Å². The first-order chi connectivity index (χ1) is 16.5. The Morgan fingerprint density at radius 1 is 1.31 bits per heavy atom. The van der Waals surface area contributed by atoms with Crippen molar-refractivity contribution in [3.63, 3.8) is 0 Å². The highest BCUT2D eigenvalue weighted by Gasteiger charge is 2.39. The minimum atomic E-state index is -4.51. The number of rotatable bonds is 7. The van der Waals surface area contributed by atoms with Crippen LogP contribution in [-0.2, 0) is 21.8 Å². The van der Waals surface area contributed by atoms with E-state index in [1.165, 1.54) is 18.0 Å². The predicted molar refractivity (Wildman–Crippen MR) is 118 cm³/mol. The van der Waals surface area contributed by atoms with E-state index in [1.54, 1.807) is 13.0 Å². The smallest absolute Gasteiger partial charge is 0.409 e. The Labute approximate surface area is 199 Å². The molecule has 1 fully saturated rings. The molecule has 0 radical (unpaired) electrons. The monoisotopic (exact) mass is 511 g/mol. The van der Waals surface area contributed by atoms with Crippen molar-refractivity contribution in [3.8, 4) is 6.07 Å². The summed E-state index contributed by atoms with van der Waals surface area (Å²) in [5, 5.41) is 20.8. The summed E-state index contributed by atoms with van der Waals surface area (Å²) in [6.45, 7) is 1.23. The van der Waals surface area contributed by atoms with Gasteiger partial charge in [0.1, 0.15) is 22.5 Å². The van der Waals surface area contributed by atoms with Crippen LogP contribution in [0.25, 0.3) is 0 Å². The zero-order valence-corrected chi connectivity index (χ0v) is 19.6. The minimum Gasteiger partial charge on any atom is -0.450 e. The van der Waals surface area contributed by atoms with Gasteiger partial charge >= 0.3 is 6.09 Å². The number of hydrogen-bond acceptors (Lipinski definition) is 7. The van der Waals surface area contributed by atoms with Gasteiger partial charge in [-0.2, -0.15) is 5.26 Å². The molecular weight excluding hydrogens is 488 g/mol. The lowest BCUT2D eigenvalue weighted by atomic mass is 10.1. The zero-order chi connectivity index (χ0) is 25.9. The van der Waals surface area contributed by atoms with Crippen LogP contribution in [0.3, 0.4) is 0 Å². The molecular formula is C21H23F2N5O6S. The van der Waals surface area contributed by atoms with Crippen LogP contribution in [0.15, 0.2) is 29.3 Å². The van der Waals surface area contributed by atoms with Gasteiger partial charge in [-0.3, -0.25) is 4.79 Å². The van der Waals surface area contributed by atoms with E-state index in [9.17, 15) is 27.5 Å². The molecule has 2 atom stereocenters. The zero-order valence-electron chi connectivity index (χ0n) is 18.8. The minimum absolute atomic E-state index is 0.00637. The molecule has 2 heterocycles. The van der Waals surface area contributed by atoms with Crippen molar-refractivity contribution in [2.24, 2.45) is 13.0 Å². The number of aryl methyl sites for hydroxylation is 1. The van der Waals surface area contributed by atoms with Crippen LogP contribution in [-0.4, -0.2) is 67.3 Å². The number of amides is 2. The summed E-state index contributed by atoms with van der Waals surface area (Å²) in [4.78, 5) is 25.0. The third kappa shape index (κ3) is 5.42. The number of nitriles is 1. The fourth-order valence-corrected chi connectivity index (χ4v) is 5.13. The number of nitrogens with zero attached hydrogens (tertiary/aromatic N) is 3. The number of nitrogens with one attached hydrogen (secondary N) is 2. The molecule has 1 aliphatic rings. The first-order valence-corrected chi connectivity index (χ1v) is 11.9. The molecule has 1 saturated heterocycles. The van der Waals surface area contributed by atoms with E-state index >= 15 is 4.39 Å². The third-order valence-corrected chi connectivity index (χ3v) is 6.92. The number of aliphatic hydroxyl groups excluding tert-OH is 1. The second-order valence-electron chi connectivity index (χ2n) is 7.80. The topological polar surface area (TPSA) is 154 Å². The Bertz CT molecular complexity index is 1290. The van der Waals surface area contributed by atoms with Gasteiger partial charge in [0.15, 0.2) is 5.82 Å². The fraction of sp³-hybridized carbons (Fsp3) is 0.381. The Morgan fingerprint density at radius 3 is 2.66 bits per heavy atom. The van der Waals surface area contributed by atoms with Crippen molar-refractivity contribution in [2.45, 2.75) is 17.9 Å². The second-order valence-corrected chi connectivity index (χ2v) is 9.48. The maximum Gasteiger partial charge on any atom is 0.409 e. The van der Waals surface area contributed by atoms with Crippen LogP contribution in [0.4, 0.5) is 19.3 Å². The summed E-state index contributed by atoms with van der Waals surface area (Å²) >= 11 is 0. The highest BCUT2D eigenvalue weighted by atomic mass is 32.2. The van der Waals surface area contributed by atoms with Gasteiger partial charge in [-0.05, 0) is 25.1 Å². The van der Waals surface area contributed by atoms with E-state index in [0.717, 1.165) is 22.9 Å². The van der Waals surface area contributed by atoms with Crippen molar-refractivity contribution >= 4 is 27.7 Å². The Balaban J connectivity index is 1.82. The number of carbonyl (C=O) groups is 2. The number of carbonyl (C=O) groups excluding carboxylic acids is 2. The van der Waals surface area contributed by atoms with E-state index in [-0.39, 0.29) is 30.9 Å². The summed E-state index contributed by atoms with van der Waals surface area (Å²) in [7, 11) is -3.25. The number of aromatic nitrogens is 1. The molecule has 0 bridgehead atoms.